The number of carbonyl (C=O) groups excluding carboxylic acids is 1. The molecule has 1 aromatic rings. The van der Waals surface area contributed by atoms with E-state index < -0.39 is 5.97 Å². The quantitative estimate of drug-likeness (QED) is 0.900. The summed E-state index contributed by atoms with van der Waals surface area (Å²) in [6.45, 7) is 2.97. The van der Waals surface area contributed by atoms with Crippen molar-refractivity contribution in [2.75, 3.05) is 13.1 Å². The van der Waals surface area contributed by atoms with Gasteiger partial charge in [0.2, 0.25) is 5.91 Å². The van der Waals surface area contributed by atoms with Crippen LogP contribution in [0, 0.1) is 12.8 Å². The van der Waals surface area contributed by atoms with Crippen LogP contribution in [0.3, 0.4) is 0 Å². The minimum Gasteiger partial charge on any atom is -0.481 e. The van der Waals surface area contributed by atoms with Gasteiger partial charge in [0, 0.05) is 19.5 Å². The first-order chi connectivity index (χ1) is 9.06. The first kappa shape index (κ1) is 13.6. The minimum absolute atomic E-state index is 0.0604. The molecule has 1 aliphatic heterocycles. The molecule has 2 rings (SSSR count). The molecular formula is C15H19NO3. The fraction of sp³-hybridized carbons (Fsp3) is 0.467. The van der Waals surface area contributed by atoms with E-state index in [2.05, 4.69) is 6.07 Å². The van der Waals surface area contributed by atoms with Gasteiger partial charge >= 0.3 is 5.97 Å². The van der Waals surface area contributed by atoms with Crippen molar-refractivity contribution < 1.29 is 14.7 Å². The highest BCUT2D eigenvalue weighted by atomic mass is 16.4. The lowest BCUT2D eigenvalue weighted by molar-refractivity contribution is -0.141. The third kappa shape index (κ3) is 3.56. The summed E-state index contributed by atoms with van der Waals surface area (Å²) in [5.41, 5.74) is 2.35. The minimum atomic E-state index is -0.797. The third-order valence-corrected chi connectivity index (χ3v) is 3.60. The van der Waals surface area contributed by atoms with Crippen LogP contribution >= 0.6 is 0 Å². The van der Waals surface area contributed by atoms with Crippen LogP contribution in [-0.4, -0.2) is 35.0 Å². The number of likely N-dealkylation sites (tertiary alicyclic amines) is 1. The van der Waals surface area contributed by atoms with E-state index in [9.17, 15) is 9.59 Å². The van der Waals surface area contributed by atoms with Crippen molar-refractivity contribution in [1.29, 1.82) is 0 Å². The lowest BCUT2D eigenvalue weighted by Crippen LogP contribution is -2.30. The van der Waals surface area contributed by atoms with Crippen molar-refractivity contribution >= 4 is 11.9 Å². The van der Waals surface area contributed by atoms with E-state index in [4.69, 9.17) is 5.11 Å². The molecule has 4 nitrogen and oxygen atoms in total. The molecule has 1 unspecified atom stereocenters. The summed E-state index contributed by atoms with van der Waals surface area (Å²) in [4.78, 5) is 24.5. The molecule has 1 aliphatic rings. The van der Waals surface area contributed by atoms with Crippen LogP contribution in [0.5, 0.6) is 0 Å². The summed E-state index contributed by atoms with van der Waals surface area (Å²) in [5, 5.41) is 8.91. The van der Waals surface area contributed by atoms with Gasteiger partial charge in [0.15, 0.2) is 0 Å². The maximum Gasteiger partial charge on any atom is 0.308 e. The highest BCUT2D eigenvalue weighted by Gasteiger charge is 2.30. The molecule has 19 heavy (non-hydrogen) atoms. The normalized spacial score (nSPS) is 18.6. The van der Waals surface area contributed by atoms with Crippen LogP contribution in [0.15, 0.2) is 24.3 Å². The van der Waals surface area contributed by atoms with Gasteiger partial charge in [-0.1, -0.05) is 29.8 Å². The van der Waals surface area contributed by atoms with Crippen molar-refractivity contribution in [2.24, 2.45) is 5.92 Å². The number of hydrogen-bond donors (Lipinski definition) is 1. The second-order valence-electron chi connectivity index (χ2n) is 5.15. The number of amides is 1. The number of aryl methyl sites for hydroxylation is 2. The number of benzene rings is 1. The molecule has 1 heterocycles. The predicted molar refractivity (Wildman–Crippen MR) is 71.8 cm³/mol. The second kappa shape index (κ2) is 5.87. The lowest BCUT2D eigenvalue weighted by Gasteiger charge is -2.15. The Labute approximate surface area is 113 Å². The fourth-order valence-electron chi connectivity index (χ4n) is 2.47. The summed E-state index contributed by atoms with van der Waals surface area (Å²) in [6.07, 6.45) is 1.75. The Hall–Kier alpha value is -1.84. The Morgan fingerprint density at radius 3 is 2.84 bits per heavy atom. The molecule has 1 amide bonds. The Kier molecular flexibility index (Phi) is 4.20. The Morgan fingerprint density at radius 1 is 1.42 bits per heavy atom. The van der Waals surface area contributed by atoms with Crippen molar-refractivity contribution in [2.45, 2.75) is 26.2 Å². The summed E-state index contributed by atoms with van der Waals surface area (Å²) >= 11 is 0. The number of carboxylic acid groups (broad SMARTS) is 1. The molecular weight excluding hydrogens is 242 g/mol. The largest absolute Gasteiger partial charge is 0.481 e. The molecule has 0 aliphatic carbocycles. The van der Waals surface area contributed by atoms with Crippen molar-refractivity contribution in [1.82, 2.24) is 4.90 Å². The number of nitrogens with zero attached hydrogens (tertiary/aromatic N) is 1. The lowest BCUT2D eigenvalue weighted by atomic mass is 10.1. The smallest absolute Gasteiger partial charge is 0.308 e. The molecule has 1 N–H and O–H groups in total. The highest BCUT2D eigenvalue weighted by Crippen LogP contribution is 2.18. The molecule has 0 saturated carbocycles. The van der Waals surface area contributed by atoms with E-state index in [1.807, 2.05) is 25.1 Å². The molecule has 102 valence electrons. The van der Waals surface area contributed by atoms with Gasteiger partial charge in [0.25, 0.3) is 0 Å². The summed E-state index contributed by atoms with van der Waals surface area (Å²) in [5.74, 6) is -1.12. The molecule has 0 spiro atoms. The number of carbonyl (C=O) groups is 2. The number of rotatable bonds is 4. The van der Waals surface area contributed by atoms with Gasteiger partial charge in [-0.05, 0) is 25.3 Å². The summed E-state index contributed by atoms with van der Waals surface area (Å²) < 4.78 is 0. The average Bonchev–Trinajstić information content (AvgIpc) is 2.86. The molecule has 4 heteroatoms. The van der Waals surface area contributed by atoms with Gasteiger partial charge in [-0.2, -0.15) is 0 Å². The zero-order chi connectivity index (χ0) is 13.8. The third-order valence-electron chi connectivity index (χ3n) is 3.60. The second-order valence-corrected chi connectivity index (χ2v) is 5.15. The standard InChI is InChI=1S/C15H19NO3/c1-11-3-2-4-12(9-11)5-6-14(17)16-8-7-13(10-16)15(18)19/h2-4,9,13H,5-8,10H2,1H3,(H,18,19). The summed E-state index contributed by atoms with van der Waals surface area (Å²) in [6, 6.07) is 8.12. The van der Waals surface area contributed by atoms with Crippen molar-refractivity contribution in [3.63, 3.8) is 0 Å². The van der Waals surface area contributed by atoms with Gasteiger partial charge in [-0.3, -0.25) is 9.59 Å². The van der Waals surface area contributed by atoms with Crippen LogP contribution in [0.4, 0.5) is 0 Å². The molecule has 0 radical (unpaired) electrons. The fourth-order valence-corrected chi connectivity index (χ4v) is 2.47. The van der Waals surface area contributed by atoms with Crippen LogP contribution in [0.2, 0.25) is 0 Å². The SMILES string of the molecule is Cc1cccc(CCC(=O)N2CCC(C(=O)O)C2)c1. The highest BCUT2D eigenvalue weighted by molar-refractivity contribution is 5.78. The maximum atomic E-state index is 12.0. The first-order valence-electron chi connectivity index (χ1n) is 6.62. The summed E-state index contributed by atoms with van der Waals surface area (Å²) in [7, 11) is 0. The van der Waals surface area contributed by atoms with E-state index in [-0.39, 0.29) is 11.8 Å². The van der Waals surface area contributed by atoms with Crippen LogP contribution in [0.1, 0.15) is 24.0 Å². The van der Waals surface area contributed by atoms with E-state index in [1.54, 1.807) is 4.90 Å². The average molecular weight is 261 g/mol. The number of aliphatic carboxylic acids is 1. The zero-order valence-electron chi connectivity index (χ0n) is 11.1. The maximum absolute atomic E-state index is 12.0. The molecule has 1 fully saturated rings. The van der Waals surface area contributed by atoms with Crippen LogP contribution in [-0.2, 0) is 16.0 Å². The van der Waals surface area contributed by atoms with Gasteiger partial charge in [-0.25, -0.2) is 0 Å². The Balaban J connectivity index is 1.84. The first-order valence-corrected chi connectivity index (χ1v) is 6.62. The van der Waals surface area contributed by atoms with Gasteiger partial charge in [0.05, 0.1) is 5.92 Å². The van der Waals surface area contributed by atoms with Crippen LogP contribution < -0.4 is 0 Å². The molecule has 1 atom stereocenters. The van der Waals surface area contributed by atoms with Crippen molar-refractivity contribution in [3.8, 4) is 0 Å². The monoisotopic (exact) mass is 261 g/mol. The molecule has 1 saturated heterocycles. The Morgan fingerprint density at radius 2 is 2.21 bits per heavy atom. The van der Waals surface area contributed by atoms with E-state index in [0.717, 1.165) is 12.0 Å². The van der Waals surface area contributed by atoms with E-state index >= 15 is 0 Å². The van der Waals surface area contributed by atoms with Gasteiger partial charge in [0.1, 0.15) is 0 Å². The number of carboxylic acids is 1. The van der Waals surface area contributed by atoms with Crippen molar-refractivity contribution in [3.05, 3.63) is 35.4 Å². The topological polar surface area (TPSA) is 57.6 Å². The molecule has 0 aromatic heterocycles. The van der Waals surface area contributed by atoms with Crippen LogP contribution in [0.25, 0.3) is 0 Å². The molecule has 0 bridgehead atoms. The Bertz CT molecular complexity index is 484. The zero-order valence-corrected chi connectivity index (χ0v) is 11.1. The van der Waals surface area contributed by atoms with Gasteiger partial charge < -0.3 is 10.0 Å². The number of hydrogen-bond acceptors (Lipinski definition) is 2. The van der Waals surface area contributed by atoms with E-state index in [1.165, 1.54) is 5.56 Å². The van der Waals surface area contributed by atoms with Gasteiger partial charge in [-0.15, -0.1) is 0 Å². The molecule has 1 aromatic carbocycles. The van der Waals surface area contributed by atoms with E-state index in [0.29, 0.717) is 25.9 Å². The predicted octanol–water partition coefficient (Wildman–Crippen LogP) is 1.86.